The van der Waals surface area contributed by atoms with Gasteiger partial charge in [-0.2, -0.15) is 18.2 Å². The topological polar surface area (TPSA) is 51.4 Å². The maximum absolute atomic E-state index is 12.6. The Bertz CT molecular complexity index is 457. The first-order valence-corrected chi connectivity index (χ1v) is 6.62. The van der Waals surface area contributed by atoms with Crippen molar-refractivity contribution in [3.63, 3.8) is 0 Å². The molecule has 1 aromatic rings. The van der Waals surface area contributed by atoms with Gasteiger partial charge in [-0.15, -0.1) is 0 Å². The van der Waals surface area contributed by atoms with Crippen molar-refractivity contribution in [1.29, 1.82) is 0 Å². The molecule has 0 aliphatic carbocycles. The van der Waals surface area contributed by atoms with Gasteiger partial charge in [0.15, 0.2) is 0 Å². The number of nitrogen functional groups attached to an aromatic ring is 1. The van der Waals surface area contributed by atoms with Gasteiger partial charge in [0.25, 0.3) is 0 Å². The Balaban J connectivity index is 2.05. The van der Waals surface area contributed by atoms with E-state index in [1.54, 1.807) is 12.1 Å². The summed E-state index contributed by atoms with van der Waals surface area (Å²) in [6.07, 6.45) is -3.91. The Morgan fingerprint density at radius 1 is 1.35 bits per heavy atom. The van der Waals surface area contributed by atoms with E-state index in [4.69, 9.17) is 10.5 Å². The maximum atomic E-state index is 12.6. The molecule has 20 heavy (non-hydrogen) atoms. The van der Waals surface area contributed by atoms with Gasteiger partial charge in [-0.05, 0) is 31.9 Å². The molecule has 2 rings (SSSR count). The normalized spacial score (nSPS) is 17.3. The van der Waals surface area contributed by atoms with Crippen LogP contribution in [0.5, 0.6) is 5.88 Å². The molecule has 0 bridgehead atoms. The Morgan fingerprint density at radius 2 is 2.00 bits per heavy atom. The van der Waals surface area contributed by atoms with Crippen molar-refractivity contribution in [3.05, 3.63) is 12.1 Å². The number of ether oxygens (including phenoxy) is 1. The van der Waals surface area contributed by atoms with E-state index in [1.807, 2.05) is 11.8 Å². The number of rotatable bonds is 3. The average molecular weight is 289 g/mol. The van der Waals surface area contributed by atoms with Gasteiger partial charge in [0.1, 0.15) is 5.82 Å². The van der Waals surface area contributed by atoms with Crippen LogP contribution < -0.4 is 15.4 Å². The van der Waals surface area contributed by atoms with Crippen molar-refractivity contribution < 1.29 is 17.9 Å². The summed E-state index contributed by atoms with van der Waals surface area (Å²) in [6.45, 7) is 2.94. The third-order valence-corrected chi connectivity index (χ3v) is 3.44. The second kappa shape index (κ2) is 5.76. The van der Waals surface area contributed by atoms with Gasteiger partial charge in [0.2, 0.25) is 5.88 Å². The molecule has 0 aromatic carbocycles. The quantitative estimate of drug-likeness (QED) is 0.929. The molecule has 2 heterocycles. The van der Waals surface area contributed by atoms with Crippen LogP contribution in [0.3, 0.4) is 0 Å². The third-order valence-electron chi connectivity index (χ3n) is 3.44. The van der Waals surface area contributed by atoms with Crippen molar-refractivity contribution in [3.8, 4) is 5.88 Å². The molecule has 1 aliphatic rings. The van der Waals surface area contributed by atoms with E-state index in [1.165, 1.54) is 0 Å². The summed E-state index contributed by atoms with van der Waals surface area (Å²) in [6, 6.07) is 3.38. The van der Waals surface area contributed by atoms with Crippen LogP contribution in [0.2, 0.25) is 0 Å². The minimum atomic E-state index is -4.10. The number of nitrogens with zero attached hydrogens (tertiary/aromatic N) is 2. The molecule has 1 fully saturated rings. The number of aromatic nitrogens is 1. The van der Waals surface area contributed by atoms with Gasteiger partial charge in [0, 0.05) is 13.1 Å². The lowest BCUT2D eigenvalue weighted by atomic mass is 9.96. The zero-order valence-electron chi connectivity index (χ0n) is 11.3. The Morgan fingerprint density at radius 3 is 2.55 bits per heavy atom. The van der Waals surface area contributed by atoms with E-state index in [0.717, 1.165) is 0 Å². The van der Waals surface area contributed by atoms with Crippen molar-refractivity contribution in [2.45, 2.75) is 25.9 Å². The molecule has 4 nitrogen and oxygen atoms in total. The standard InChI is InChI=1S/C13H18F3N3O/c1-2-20-12-10(17)3-4-11(18-12)19-7-5-9(6-8-19)13(14,15)16/h3-4,9H,2,5-8,17H2,1H3. The van der Waals surface area contributed by atoms with E-state index in [0.29, 0.717) is 37.1 Å². The summed E-state index contributed by atoms with van der Waals surface area (Å²) in [5.41, 5.74) is 6.16. The number of hydrogen-bond donors (Lipinski definition) is 1. The van der Waals surface area contributed by atoms with Crippen LogP contribution in [-0.4, -0.2) is 30.9 Å². The fourth-order valence-corrected chi connectivity index (χ4v) is 2.31. The fraction of sp³-hybridized carbons (Fsp3) is 0.615. The smallest absolute Gasteiger partial charge is 0.391 e. The largest absolute Gasteiger partial charge is 0.476 e. The molecule has 112 valence electrons. The van der Waals surface area contributed by atoms with Gasteiger partial charge in [-0.1, -0.05) is 0 Å². The summed E-state index contributed by atoms with van der Waals surface area (Å²) < 4.78 is 43.2. The van der Waals surface area contributed by atoms with Gasteiger partial charge in [0.05, 0.1) is 18.2 Å². The molecule has 0 saturated carbocycles. The highest BCUT2D eigenvalue weighted by molar-refractivity contribution is 5.54. The predicted octanol–water partition coefficient (Wildman–Crippen LogP) is 2.84. The first-order chi connectivity index (χ1) is 9.41. The molecule has 2 N–H and O–H groups in total. The highest BCUT2D eigenvalue weighted by Crippen LogP contribution is 2.35. The number of piperidine rings is 1. The summed E-state index contributed by atoms with van der Waals surface area (Å²) in [5.74, 6) is -0.259. The molecule has 0 radical (unpaired) electrons. The minimum Gasteiger partial charge on any atom is -0.476 e. The summed E-state index contributed by atoms with van der Waals surface area (Å²) >= 11 is 0. The van der Waals surface area contributed by atoms with Gasteiger partial charge in [-0.25, -0.2) is 0 Å². The van der Waals surface area contributed by atoms with E-state index in [2.05, 4.69) is 4.98 Å². The van der Waals surface area contributed by atoms with Crippen LogP contribution in [0.25, 0.3) is 0 Å². The number of alkyl halides is 3. The summed E-state index contributed by atoms with van der Waals surface area (Å²) in [7, 11) is 0. The lowest BCUT2D eigenvalue weighted by Crippen LogP contribution is -2.39. The van der Waals surface area contributed by atoms with E-state index >= 15 is 0 Å². The second-order valence-corrected chi connectivity index (χ2v) is 4.80. The zero-order chi connectivity index (χ0) is 14.8. The van der Waals surface area contributed by atoms with Crippen LogP contribution in [0, 0.1) is 5.92 Å². The number of nitrogens with two attached hydrogens (primary N) is 1. The number of pyridine rings is 1. The van der Waals surface area contributed by atoms with Gasteiger partial charge >= 0.3 is 6.18 Å². The Labute approximate surface area is 115 Å². The highest BCUT2D eigenvalue weighted by Gasteiger charge is 2.41. The van der Waals surface area contributed by atoms with E-state index in [-0.39, 0.29) is 12.8 Å². The van der Waals surface area contributed by atoms with Crippen LogP contribution >= 0.6 is 0 Å². The molecule has 7 heteroatoms. The van der Waals surface area contributed by atoms with Crippen molar-refractivity contribution in [2.75, 3.05) is 30.3 Å². The first kappa shape index (κ1) is 14.7. The summed E-state index contributed by atoms with van der Waals surface area (Å²) in [4.78, 5) is 6.11. The third kappa shape index (κ3) is 3.26. The highest BCUT2D eigenvalue weighted by atomic mass is 19.4. The summed E-state index contributed by atoms with van der Waals surface area (Å²) in [5, 5.41) is 0. The zero-order valence-corrected chi connectivity index (χ0v) is 11.3. The average Bonchev–Trinajstić information content (AvgIpc) is 2.41. The molecule has 1 aliphatic heterocycles. The van der Waals surface area contributed by atoms with Crippen LogP contribution in [0.15, 0.2) is 12.1 Å². The molecular weight excluding hydrogens is 271 g/mol. The van der Waals surface area contributed by atoms with Crippen molar-refractivity contribution in [1.82, 2.24) is 4.98 Å². The first-order valence-electron chi connectivity index (χ1n) is 6.62. The molecule has 0 unspecified atom stereocenters. The lowest BCUT2D eigenvalue weighted by Gasteiger charge is -2.33. The number of anilines is 2. The van der Waals surface area contributed by atoms with Crippen LogP contribution in [0.4, 0.5) is 24.7 Å². The minimum absolute atomic E-state index is 0.0968. The number of halogens is 3. The SMILES string of the molecule is CCOc1nc(N2CCC(C(F)(F)F)CC2)ccc1N. The molecule has 1 aromatic heterocycles. The number of hydrogen-bond acceptors (Lipinski definition) is 4. The molecule has 0 amide bonds. The fourth-order valence-electron chi connectivity index (χ4n) is 2.31. The lowest BCUT2D eigenvalue weighted by molar-refractivity contribution is -0.179. The molecule has 1 saturated heterocycles. The Hall–Kier alpha value is -1.66. The predicted molar refractivity (Wildman–Crippen MR) is 70.8 cm³/mol. The molecule has 0 spiro atoms. The van der Waals surface area contributed by atoms with Crippen molar-refractivity contribution >= 4 is 11.5 Å². The molecule has 0 atom stereocenters. The van der Waals surface area contributed by atoms with Crippen molar-refractivity contribution in [2.24, 2.45) is 5.92 Å². The maximum Gasteiger partial charge on any atom is 0.391 e. The molecular formula is C13H18F3N3O. The van der Waals surface area contributed by atoms with E-state index in [9.17, 15) is 13.2 Å². The van der Waals surface area contributed by atoms with Crippen LogP contribution in [0.1, 0.15) is 19.8 Å². The van der Waals surface area contributed by atoms with E-state index < -0.39 is 12.1 Å². The Kier molecular flexibility index (Phi) is 4.25. The monoisotopic (exact) mass is 289 g/mol. The second-order valence-electron chi connectivity index (χ2n) is 4.80. The van der Waals surface area contributed by atoms with Gasteiger partial charge < -0.3 is 15.4 Å². The van der Waals surface area contributed by atoms with Gasteiger partial charge in [-0.3, -0.25) is 0 Å². The van der Waals surface area contributed by atoms with Crippen LogP contribution in [-0.2, 0) is 0 Å².